The molecule has 0 aliphatic rings. The molecule has 1 aromatic rings. The van der Waals surface area contributed by atoms with E-state index in [-0.39, 0.29) is 12.5 Å². The van der Waals surface area contributed by atoms with Gasteiger partial charge in [0.05, 0.1) is 5.02 Å². The molecule has 0 spiro atoms. The average molecular weight is 304 g/mol. The number of amides is 1. The highest BCUT2D eigenvalue weighted by Gasteiger charge is 2.06. The van der Waals surface area contributed by atoms with E-state index >= 15 is 0 Å². The first-order valence-corrected chi connectivity index (χ1v) is 5.56. The van der Waals surface area contributed by atoms with Gasteiger partial charge >= 0.3 is 0 Å². The summed E-state index contributed by atoms with van der Waals surface area (Å²) in [7, 11) is 0. The molecule has 0 aliphatic heterocycles. The van der Waals surface area contributed by atoms with Crippen molar-refractivity contribution in [2.75, 3.05) is 13.1 Å². The number of azide groups is 1. The second kappa shape index (κ2) is 6.37. The molecule has 0 aromatic heterocycles. The third-order valence-corrected chi connectivity index (χ3v) is 2.96. The summed E-state index contributed by atoms with van der Waals surface area (Å²) in [5.41, 5.74) is 8.54. The van der Waals surface area contributed by atoms with Gasteiger partial charge in [0.2, 0.25) is 0 Å². The SMILES string of the molecule is [N-]=[N+]=NCCNC(=O)c1ccc(Cl)c(Br)c1. The number of benzene rings is 1. The van der Waals surface area contributed by atoms with Crippen molar-refractivity contribution in [2.24, 2.45) is 5.11 Å². The van der Waals surface area contributed by atoms with E-state index in [1.807, 2.05) is 0 Å². The summed E-state index contributed by atoms with van der Waals surface area (Å²) in [4.78, 5) is 14.1. The second-order valence-electron chi connectivity index (χ2n) is 2.84. The number of carbonyl (C=O) groups excluding carboxylic acids is 1. The molecule has 1 aromatic carbocycles. The van der Waals surface area contributed by atoms with Gasteiger partial charge in [-0.2, -0.15) is 0 Å². The molecule has 0 radical (unpaired) electrons. The van der Waals surface area contributed by atoms with Gasteiger partial charge in [-0.25, -0.2) is 0 Å². The van der Waals surface area contributed by atoms with E-state index in [1.165, 1.54) is 0 Å². The van der Waals surface area contributed by atoms with E-state index in [4.69, 9.17) is 17.1 Å². The number of carbonyl (C=O) groups is 1. The molecule has 0 fully saturated rings. The van der Waals surface area contributed by atoms with Crippen LogP contribution in [0.3, 0.4) is 0 Å². The topological polar surface area (TPSA) is 77.9 Å². The molecule has 1 rings (SSSR count). The van der Waals surface area contributed by atoms with E-state index in [0.29, 0.717) is 21.6 Å². The normalized spacial score (nSPS) is 9.38. The minimum absolute atomic E-state index is 0.231. The molecule has 5 nitrogen and oxygen atoms in total. The Labute approximate surface area is 106 Å². The predicted molar refractivity (Wildman–Crippen MR) is 65.5 cm³/mol. The van der Waals surface area contributed by atoms with Crippen LogP contribution in [0.1, 0.15) is 10.4 Å². The summed E-state index contributed by atoms with van der Waals surface area (Å²) in [5.74, 6) is -0.231. The van der Waals surface area contributed by atoms with Crippen LogP contribution >= 0.6 is 27.5 Å². The molecule has 0 saturated heterocycles. The van der Waals surface area contributed by atoms with Gasteiger partial charge in [-0.3, -0.25) is 4.79 Å². The van der Waals surface area contributed by atoms with Gasteiger partial charge in [-0.1, -0.05) is 16.7 Å². The summed E-state index contributed by atoms with van der Waals surface area (Å²) in [6.45, 7) is 0.542. The smallest absolute Gasteiger partial charge is 0.251 e. The van der Waals surface area contributed by atoms with Crippen molar-refractivity contribution in [3.63, 3.8) is 0 Å². The van der Waals surface area contributed by atoms with Crippen LogP contribution in [-0.2, 0) is 0 Å². The summed E-state index contributed by atoms with van der Waals surface area (Å²) in [6.07, 6.45) is 0. The Kier molecular flexibility index (Phi) is 5.11. The van der Waals surface area contributed by atoms with Crippen LogP contribution in [-0.4, -0.2) is 19.0 Å². The Morgan fingerprint density at radius 1 is 1.62 bits per heavy atom. The molecule has 0 bridgehead atoms. The highest BCUT2D eigenvalue weighted by molar-refractivity contribution is 9.10. The van der Waals surface area contributed by atoms with Gasteiger partial charge in [0.1, 0.15) is 0 Å². The number of hydrogen-bond donors (Lipinski definition) is 1. The lowest BCUT2D eigenvalue weighted by molar-refractivity contribution is 0.0955. The molecule has 0 unspecified atom stereocenters. The van der Waals surface area contributed by atoms with Gasteiger partial charge < -0.3 is 5.32 Å². The van der Waals surface area contributed by atoms with Gasteiger partial charge in [0.15, 0.2) is 0 Å². The summed E-state index contributed by atoms with van der Waals surface area (Å²) >= 11 is 9.03. The standard InChI is InChI=1S/C9H8BrClN4O/c10-7-5-6(1-2-8(7)11)9(16)13-3-4-14-15-12/h1-2,5H,3-4H2,(H,13,16). The molecule has 0 atom stereocenters. The minimum Gasteiger partial charge on any atom is -0.352 e. The third-order valence-electron chi connectivity index (χ3n) is 1.74. The van der Waals surface area contributed by atoms with Crippen LogP contribution in [0.2, 0.25) is 5.02 Å². The molecule has 16 heavy (non-hydrogen) atoms. The minimum atomic E-state index is -0.231. The summed E-state index contributed by atoms with van der Waals surface area (Å²) < 4.78 is 0.664. The molecule has 0 aliphatic carbocycles. The molecule has 7 heteroatoms. The highest BCUT2D eigenvalue weighted by atomic mass is 79.9. The predicted octanol–water partition coefficient (Wildman–Crippen LogP) is 3.14. The lowest BCUT2D eigenvalue weighted by atomic mass is 10.2. The lowest BCUT2D eigenvalue weighted by Crippen LogP contribution is -2.25. The van der Waals surface area contributed by atoms with Crippen molar-refractivity contribution in [1.82, 2.24) is 5.32 Å². The Hall–Kier alpha value is -1.23. The maximum atomic E-state index is 11.6. The van der Waals surface area contributed by atoms with Crippen LogP contribution in [0.4, 0.5) is 0 Å². The van der Waals surface area contributed by atoms with Gasteiger partial charge in [0, 0.05) is 28.0 Å². The monoisotopic (exact) mass is 302 g/mol. The Morgan fingerprint density at radius 3 is 3.00 bits per heavy atom. The molecule has 1 N–H and O–H groups in total. The molecular weight excluding hydrogens is 295 g/mol. The number of halogens is 2. The second-order valence-corrected chi connectivity index (χ2v) is 4.10. The van der Waals surface area contributed by atoms with E-state index < -0.39 is 0 Å². The van der Waals surface area contributed by atoms with Crippen molar-refractivity contribution in [1.29, 1.82) is 0 Å². The molecule has 84 valence electrons. The quantitative estimate of drug-likeness (QED) is 0.394. The first-order chi connectivity index (χ1) is 7.65. The Morgan fingerprint density at radius 2 is 2.38 bits per heavy atom. The number of rotatable bonds is 4. The fraction of sp³-hybridized carbons (Fsp3) is 0.222. The zero-order chi connectivity index (χ0) is 12.0. The highest BCUT2D eigenvalue weighted by Crippen LogP contribution is 2.22. The summed E-state index contributed by atoms with van der Waals surface area (Å²) in [6, 6.07) is 4.88. The van der Waals surface area contributed by atoms with Gasteiger partial charge in [0.25, 0.3) is 5.91 Å². The Bertz CT molecular complexity index is 445. The number of hydrogen-bond acceptors (Lipinski definition) is 2. The van der Waals surface area contributed by atoms with Crippen molar-refractivity contribution >= 4 is 33.4 Å². The van der Waals surface area contributed by atoms with Crippen LogP contribution in [0, 0.1) is 0 Å². The zero-order valence-corrected chi connectivity index (χ0v) is 10.5. The van der Waals surface area contributed by atoms with E-state index in [0.717, 1.165) is 0 Å². The van der Waals surface area contributed by atoms with Crippen LogP contribution in [0.5, 0.6) is 0 Å². The Balaban J connectivity index is 2.59. The fourth-order valence-corrected chi connectivity index (χ4v) is 1.50. The van der Waals surface area contributed by atoms with Crippen LogP contribution in [0.25, 0.3) is 10.4 Å². The van der Waals surface area contributed by atoms with Crippen molar-refractivity contribution in [3.8, 4) is 0 Å². The number of nitrogens with one attached hydrogen (secondary N) is 1. The average Bonchev–Trinajstić information content (AvgIpc) is 2.28. The fourth-order valence-electron chi connectivity index (χ4n) is 1.00. The molecular formula is C9H8BrClN4O. The van der Waals surface area contributed by atoms with Crippen molar-refractivity contribution < 1.29 is 4.79 Å². The van der Waals surface area contributed by atoms with Crippen LogP contribution in [0.15, 0.2) is 27.8 Å². The van der Waals surface area contributed by atoms with Crippen LogP contribution < -0.4 is 5.32 Å². The molecule has 1 amide bonds. The van der Waals surface area contributed by atoms with E-state index in [9.17, 15) is 4.79 Å². The maximum absolute atomic E-state index is 11.6. The first kappa shape index (κ1) is 12.8. The summed E-state index contributed by atoms with van der Waals surface area (Å²) in [5, 5.41) is 6.46. The molecule has 0 heterocycles. The third kappa shape index (κ3) is 3.73. The van der Waals surface area contributed by atoms with E-state index in [2.05, 4.69) is 31.3 Å². The number of nitrogens with zero attached hydrogens (tertiary/aromatic N) is 3. The molecule has 0 saturated carbocycles. The van der Waals surface area contributed by atoms with Crippen molar-refractivity contribution in [3.05, 3.63) is 43.7 Å². The van der Waals surface area contributed by atoms with Gasteiger partial charge in [-0.15, -0.1) is 0 Å². The lowest BCUT2D eigenvalue weighted by Gasteiger charge is -2.04. The van der Waals surface area contributed by atoms with E-state index in [1.54, 1.807) is 18.2 Å². The zero-order valence-electron chi connectivity index (χ0n) is 8.15. The first-order valence-electron chi connectivity index (χ1n) is 4.39. The largest absolute Gasteiger partial charge is 0.352 e. The maximum Gasteiger partial charge on any atom is 0.251 e. The van der Waals surface area contributed by atoms with Gasteiger partial charge in [-0.05, 0) is 39.7 Å². The van der Waals surface area contributed by atoms with Crippen molar-refractivity contribution in [2.45, 2.75) is 0 Å².